The fraction of sp³-hybridized carbons (Fsp3) is 0.417. The molecule has 8 nitrogen and oxygen atoms in total. The summed E-state index contributed by atoms with van der Waals surface area (Å²) in [6.45, 7) is 4.72. The molecule has 1 N–H and O–H groups in total. The highest BCUT2D eigenvalue weighted by Crippen LogP contribution is 2.21. The van der Waals surface area contributed by atoms with E-state index in [9.17, 15) is 18.0 Å². The van der Waals surface area contributed by atoms with Crippen molar-refractivity contribution < 1.29 is 27.5 Å². The molecule has 0 saturated carbocycles. The number of hydrogen-bond acceptors (Lipinski definition) is 6. The Labute approximate surface area is 194 Å². The average Bonchev–Trinajstić information content (AvgIpc) is 2.83. The average molecular weight is 475 g/mol. The number of ether oxygens (including phenoxy) is 2. The smallest absolute Gasteiger partial charge is 0.309 e. The zero-order valence-corrected chi connectivity index (χ0v) is 19.7. The lowest BCUT2D eigenvalue weighted by molar-refractivity contribution is -0.151. The van der Waals surface area contributed by atoms with Crippen molar-refractivity contribution in [2.75, 3.05) is 26.3 Å². The fourth-order valence-corrected chi connectivity index (χ4v) is 4.92. The highest BCUT2D eigenvalue weighted by atomic mass is 32.2. The summed E-state index contributed by atoms with van der Waals surface area (Å²) < 4.78 is 38.6. The zero-order valence-electron chi connectivity index (χ0n) is 18.9. The van der Waals surface area contributed by atoms with Crippen molar-refractivity contribution in [3.05, 3.63) is 60.2 Å². The normalized spacial score (nSPS) is 15.6. The molecule has 1 amide bonds. The molecule has 1 heterocycles. The Kier molecular flexibility index (Phi) is 8.46. The molecule has 1 saturated heterocycles. The van der Waals surface area contributed by atoms with Crippen molar-refractivity contribution in [1.82, 2.24) is 9.62 Å². The monoisotopic (exact) mass is 474 g/mol. The summed E-state index contributed by atoms with van der Waals surface area (Å²) >= 11 is 0. The summed E-state index contributed by atoms with van der Waals surface area (Å²) in [5.41, 5.74) is 0.867. The third kappa shape index (κ3) is 6.79. The van der Waals surface area contributed by atoms with Gasteiger partial charge in [-0.15, -0.1) is 0 Å². The standard InChI is InChI=1S/C24H30N2O6S/c1-3-31-24(28)20-13-15-26(16-14-20)23(27)17-32-21-9-11-22(12-10-21)33(29,30)25-18(2)19-7-5-4-6-8-19/h4-12,18,20,25H,3,13-17H2,1-2H3/t18-/m1/s1. The van der Waals surface area contributed by atoms with Crippen LogP contribution in [-0.4, -0.2) is 51.5 Å². The van der Waals surface area contributed by atoms with Gasteiger partial charge >= 0.3 is 5.97 Å². The van der Waals surface area contributed by atoms with E-state index in [1.807, 2.05) is 30.3 Å². The Morgan fingerprint density at radius 1 is 1.06 bits per heavy atom. The molecule has 0 radical (unpaired) electrons. The number of rotatable bonds is 9. The van der Waals surface area contributed by atoms with E-state index < -0.39 is 10.0 Å². The quantitative estimate of drug-likeness (QED) is 0.561. The summed E-state index contributed by atoms with van der Waals surface area (Å²) in [6.07, 6.45) is 1.15. The number of benzene rings is 2. The van der Waals surface area contributed by atoms with Gasteiger partial charge in [-0.05, 0) is 56.5 Å². The largest absolute Gasteiger partial charge is 0.484 e. The van der Waals surface area contributed by atoms with E-state index in [1.165, 1.54) is 24.3 Å². The highest BCUT2D eigenvalue weighted by Gasteiger charge is 2.28. The lowest BCUT2D eigenvalue weighted by Crippen LogP contribution is -2.42. The Morgan fingerprint density at radius 3 is 2.30 bits per heavy atom. The maximum atomic E-state index is 12.7. The molecule has 3 rings (SSSR count). The topological polar surface area (TPSA) is 102 Å². The van der Waals surface area contributed by atoms with Gasteiger partial charge in [-0.25, -0.2) is 13.1 Å². The van der Waals surface area contributed by atoms with Crippen LogP contribution in [0, 0.1) is 5.92 Å². The SMILES string of the molecule is CCOC(=O)C1CCN(C(=O)COc2ccc(S(=O)(=O)N[C@H](C)c3ccccc3)cc2)CC1. The van der Waals surface area contributed by atoms with E-state index in [0.29, 0.717) is 38.3 Å². The van der Waals surface area contributed by atoms with Gasteiger partial charge in [0.1, 0.15) is 5.75 Å². The molecule has 0 aromatic heterocycles. The van der Waals surface area contributed by atoms with E-state index in [-0.39, 0.29) is 35.3 Å². The lowest BCUT2D eigenvalue weighted by atomic mass is 9.97. The minimum absolute atomic E-state index is 0.116. The molecule has 2 aromatic carbocycles. The highest BCUT2D eigenvalue weighted by molar-refractivity contribution is 7.89. The summed E-state index contributed by atoms with van der Waals surface area (Å²) in [6, 6.07) is 14.9. The van der Waals surface area contributed by atoms with Crippen LogP contribution in [0.15, 0.2) is 59.5 Å². The molecule has 1 fully saturated rings. The number of esters is 1. The van der Waals surface area contributed by atoms with Crippen LogP contribution in [0.2, 0.25) is 0 Å². The van der Waals surface area contributed by atoms with Gasteiger partial charge in [0.2, 0.25) is 10.0 Å². The maximum absolute atomic E-state index is 12.7. The Bertz CT molecular complexity index is 1030. The van der Waals surface area contributed by atoms with E-state index in [1.54, 1.807) is 18.7 Å². The number of carbonyl (C=O) groups is 2. The predicted octanol–water partition coefficient (Wildman–Crippen LogP) is 2.91. The van der Waals surface area contributed by atoms with Gasteiger partial charge in [0.25, 0.3) is 5.91 Å². The van der Waals surface area contributed by atoms with Gasteiger partial charge in [0, 0.05) is 19.1 Å². The molecule has 1 aliphatic heterocycles. The zero-order chi connectivity index (χ0) is 23.8. The van der Waals surface area contributed by atoms with Gasteiger partial charge in [-0.2, -0.15) is 0 Å². The van der Waals surface area contributed by atoms with Crippen LogP contribution < -0.4 is 9.46 Å². The van der Waals surface area contributed by atoms with E-state index in [0.717, 1.165) is 5.56 Å². The number of nitrogens with one attached hydrogen (secondary N) is 1. The Hall–Kier alpha value is -2.91. The van der Waals surface area contributed by atoms with Crippen LogP contribution in [-0.2, 0) is 24.3 Å². The van der Waals surface area contributed by atoms with Crippen LogP contribution in [0.3, 0.4) is 0 Å². The Morgan fingerprint density at radius 2 is 1.70 bits per heavy atom. The van der Waals surface area contributed by atoms with Gasteiger partial charge in [0.05, 0.1) is 17.4 Å². The lowest BCUT2D eigenvalue weighted by Gasteiger charge is -2.30. The van der Waals surface area contributed by atoms with Crippen LogP contribution in [0.4, 0.5) is 0 Å². The van der Waals surface area contributed by atoms with Gasteiger partial charge in [-0.3, -0.25) is 9.59 Å². The third-order valence-electron chi connectivity index (χ3n) is 5.60. The fourth-order valence-electron chi connectivity index (χ4n) is 3.69. The first-order valence-electron chi connectivity index (χ1n) is 11.0. The second kappa shape index (κ2) is 11.3. The molecule has 33 heavy (non-hydrogen) atoms. The minimum atomic E-state index is -3.71. The first kappa shape index (κ1) is 24.7. The van der Waals surface area contributed by atoms with E-state index >= 15 is 0 Å². The number of amides is 1. The predicted molar refractivity (Wildman–Crippen MR) is 123 cm³/mol. The number of carbonyl (C=O) groups excluding carboxylic acids is 2. The second-order valence-electron chi connectivity index (χ2n) is 7.92. The second-order valence-corrected chi connectivity index (χ2v) is 9.63. The van der Waals surface area contributed by atoms with Gasteiger partial charge in [0.15, 0.2) is 6.61 Å². The van der Waals surface area contributed by atoms with E-state index in [4.69, 9.17) is 9.47 Å². The third-order valence-corrected chi connectivity index (χ3v) is 7.15. The molecule has 0 unspecified atom stereocenters. The van der Waals surface area contributed by atoms with Crippen molar-refractivity contribution in [2.45, 2.75) is 37.6 Å². The molecular weight excluding hydrogens is 444 g/mol. The van der Waals surface area contributed by atoms with Gasteiger partial charge in [-0.1, -0.05) is 30.3 Å². The molecule has 2 aromatic rings. The first-order valence-corrected chi connectivity index (χ1v) is 12.5. The minimum Gasteiger partial charge on any atom is -0.484 e. The molecule has 178 valence electrons. The van der Waals surface area contributed by atoms with Crippen LogP contribution in [0.25, 0.3) is 0 Å². The number of hydrogen-bond donors (Lipinski definition) is 1. The summed E-state index contributed by atoms with van der Waals surface area (Å²) in [5.74, 6) is -0.140. The van der Waals surface area contributed by atoms with Crippen LogP contribution >= 0.6 is 0 Å². The molecule has 1 atom stereocenters. The van der Waals surface area contributed by atoms with Crippen molar-refractivity contribution in [3.8, 4) is 5.75 Å². The first-order chi connectivity index (χ1) is 15.8. The van der Waals surface area contributed by atoms with Crippen LogP contribution in [0.1, 0.15) is 38.3 Å². The maximum Gasteiger partial charge on any atom is 0.309 e. The number of likely N-dealkylation sites (tertiary alicyclic amines) is 1. The molecule has 9 heteroatoms. The van der Waals surface area contributed by atoms with Crippen molar-refractivity contribution in [3.63, 3.8) is 0 Å². The van der Waals surface area contributed by atoms with Crippen molar-refractivity contribution in [2.24, 2.45) is 5.92 Å². The molecule has 0 spiro atoms. The van der Waals surface area contributed by atoms with E-state index in [2.05, 4.69) is 4.72 Å². The molecule has 0 bridgehead atoms. The molecule has 1 aliphatic rings. The van der Waals surface area contributed by atoms with Crippen LogP contribution in [0.5, 0.6) is 5.75 Å². The number of piperidine rings is 1. The number of nitrogens with zero attached hydrogens (tertiary/aromatic N) is 1. The molecular formula is C24H30N2O6S. The molecule has 0 aliphatic carbocycles. The van der Waals surface area contributed by atoms with Gasteiger partial charge < -0.3 is 14.4 Å². The summed E-state index contributed by atoms with van der Waals surface area (Å²) in [5, 5.41) is 0. The Balaban J connectivity index is 1.49. The van der Waals surface area contributed by atoms with Crippen molar-refractivity contribution >= 4 is 21.9 Å². The summed E-state index contributed by atoms with van der Waals surface area (Å²) in [4.78, 5) is 26.0. The van der Waals surface area contributed by atoms with Crippen molar-refractivity contribution in [1.29, 1.82) is 0 Å². The summed E-state index contributed by atoms with van der Waals surface area (Å²) in [7, 11) is -3.71. The number of sulfonamides is 1.